The monoisotopic (exact) mass is 487 g/mol. The van der Waals surface area contributed by atoms with E-state index >= 15 is 0 Å². The summed E-state index contributed by atoms with van der Waals surface area (Å²) in [5.41, 5.74) is 4.57. The van der Waals surface area contributed by atoms with Crippen molar-refractivity contribution in [3.63, 3.8) is 0 Å². The molecular weight excluding hydrogens is 474 g/mol. The highest BCUT2D eigenvalue weighted by Gasteiger charge is 2.11. The van der Waals surface area contributed by atoms with Crippen molar-refractivity contribution >= 4 is 62.7 Å². The Labute approximate surface area is 186 Å². The lowest BCUT2D eigenvalue weighted by atomic mass is 10.2. The maximum Gasteiger partial charge on any atom is 0.343 e. The summed E-state index contributed by atoms with van der Waals surface area (Å²) in [6.45, 7) is 0. The van der Waals surface area contributed by atoms with Crippen LogP contribution in [-0.2, 0) is 0 Å². The molecule has 0 fully saturated rings. The van der Waals surface area contributed by atoms with Gasteiger partial charge in [-0.3, -0.25) is 5.43 Å². The zero-order valence-corrected chi connectivity index (χ0v) is 18.1. The summed E-state index contributed by atoms with van der Waals surface area (Å²) in [5.74, 6) is -0.131. The van der Waals surface area contributed by atoms with E-state index in [9.17, 15) is 4.79 Å². The molecule has 0 amide bonds. The number of hydrogen-bond acceptors (Lipinski definition) is 4. The Morgan fingerprint density at radius 2 is 1.79 bits per heavy atom. The summed E-state index contributed by atoms with van der Waals surface area (Å²) in [6, 6.07) is 21.2. The van der Waals surface area contributed by atoms with E-state index in [0.717, 1.165) is 10.2 Å². The number of ether oxygens (including phenoxy) is 1. The Kier molecular flexibility index (Phi) is 7.35. The van der Waals surface area contributed by atoms with E-state index in [1.807, 2.05) is 30.3 Å². The van der Waals surface area contributed by atoms with Gasteiger partial charge < -0.3 is 10.1 Å². The molecule has 0 atom stereocenters. The summed E-state index contributed by atoms with van der Waals surface area (Å²) < 4.78 is 6.32. The first kappa shape index (κ1) is 21.0. The lowest BCUT2D eigenvalue weighted by Gasteiger charge is -2.09. The quantitative estimate of drug-likeness (QED) is 0.160. The van der Waals surface area contributed by atoms with Crippen molar-refractivity contribution in [3.05, 3.63) is 93.4 Å². The number of halogens is 2. The number of esters is 1. The fraction of sp³-hybridized carbons (Fsp3) is 0. The number of nitrogens with one attached hydrogen (secondary N) is 2. The molecule has 0 aliphatic heterocycles. The summed E-state index contributed by atoms with van der Waals surface area (Å²) in [7, 11) is 0. The van der Waals surface area contributed by atoms with Gasteiger partial charge in [-0.05, 0) is 66.8 Å². The molecule has 0 radical (unpaired) electrons. The zero-order chi connectivity index (χ0) is 20.6. The number of anilines is 1. The topological polar surface area (TPSA) is 62.7 Å². The first-order valence-electron chi connectivity index (χ1n) is 8.44. The smallest absolute Gasteiger partial charge is 0.343 e. The summed E-state index contributed by atoms with van der Waals surface area (Å²) >= 11 is 14.5. The van der Waals surface area contributed by atoms with Gasteiger partial charge >= 0.3 is 5.97 Å². The van der Waals surface area contributed by atoms with Gasteiger partial charge in [-0.1, -0.05) is 45.7 Å². The minimum absolute atomic E-state index is 0.335. The van der Waals surface area contributed by atoms with Gasteiger partial charge in [-0.2, -0.15) is 5.10 Å². The zero-order valence-electron chi connectivity index (χ0n) is 14.9. The third-order valence-corrected chi connectivity index (χ3v) is 4.59. The summed E-state index contributed by atoms with van der Waals surface area (Å²) in [4.78, 5) is 12.4. The van der Waals surface area contributed by atoms with Crippen LogP contribution < -0.4 is 15.5 Å². The Morgan fingerprint density at radius 3 is 2.52 bits per heavy atom. The fourth-order valence-corrected chi connectivity index (χ4v) is 2.97. The van der Waals surface area contributed by atoms with Crippen LogP contribution in [0, 0.1) is 0 Å². The van der Waals surface area contributed by atoms with Crippen LogP contribution in [-0.4, -0.2) is 17.3 Å². The molecule has 0 spiro atoms. The number of hydrazone groups is 1. The van der Waals surface area contributed by atoms with Crippen LogP contribution in [0.2, 0.25) is 5.02 Å². The van der Waals surface area contributed by atoms with Crippen LogP contribution in [0.3, 0.4) is 0 Å². The second-order valence-electron chi connectivity index (χ2n) is 5.77. The first-order chi connectivity index (χ1) is 14.0. The third-order valence-electron chi connectivity index (χ3n) is 3.66. The Balaban J connectivity index is 1.68. The maximum absolute atomic E-state index is 12.4. The molecule has 3 aromatic rings. The largest absolute Gasteiger partial charge is 0.422 e. The molecule has 5 nitrogen and oxygen atoms in total. The van der Waals surface area contributed by atoms with Crippen LogP contribution in [0.5, 0.6) is 5.75 Å². The molecule has 3 aromatic carbocycles. The van der Waals surface area contributed by atoms with Gasteiger partial charge in [0, 0.05) is 20.7 Å². The first-order valence-corrected chi connectivity index (χ1v) is 10.0. The Morgan fingerprint density at radius 1 is 1.07 bits per heavy atom. The van der Waals surface area contributed by atoms with Crippen LogP contribution >= 0.6 is 39.7 Å². The molecule has 0 saturated heterocycles. The van der Waals surface area contributed by atoms with E-state index < -0.39 is 5.97 Å². The maximum atomic E-state index is 12.4. The molecule has 0 aliphatic carbocycles. The van der Waals surface area contributed by atoms with Gasteiger partial charge in [0.1, 0.15) is 5.75 Å². The molecule has 3 rings (SSSR count). The molecule has 0 heterocycles. The molecule has 0 aliphatic rings. The number of carbonyl (C=O) groups is 1. The second-order valence-corrected chi connectivity index (χ2v) is 7.53. The number of thiocarbonyl (C=S) groups is 1. The minimum atomic E-state index is -0.493. The molecule has 0 saturated carbocycles. The lowest BCUT2D eigenvalue weighted by Crippen LogP contribution is -2.23. The molecule has 8 heteroatoms. The predicted octanol–water partition coefficient (Wildman–Crippen LogP) is 5.64. The highest BCUT2D eigenvalue weighted by atomic mass is 79.9. The van der Waals surface area contributed by atoms with Crippen molar-refractivity contribution < 1.29 is 9.53 Å². The van der Waals surface area contributed by atoms with Gasteiger partial charge in [0.05, 0.1) is 11.8 Å². The molecule has 0 bridgehead atoms. The van der Waals surface area contributed by atoms with Crippen LogP contribution in [0.15, 0.2) is 82.4 Å². The average Bonchev–Trinajstić information content (AvgIpc) is 2.71. The van der Waals surface area contributed by atoms with Crippen LogP contribution in [0.25, 0.3) is 0 Å². The number of benzene rings is 3. The normalized spacial score (nSPS) is 10.6. The van der Waals surface area contributed by atoms with Gasteiger partial charge in [-0.25, -0.2) is 4.79 Å². The molecule has 0 unspecified atom stereocenters. The highest BCUT2D eigenvalue weighted by molar-refractivity contribution is 9.10. The van der Waals surface area contributed by atoms with E-state index in [0.29, 0.717) is 27.0 Å². The van der Waals surface area contributed by atoms with Crippen molar-refractivity contribution in [2.75, 3.05) is 5.32 Å². The third kappa shape index (κ3) is 6.39. The van der Waals surface area contributed by atoms with E-state index in [1.165, 1.54) is 6.21 Å². The van der Waals surface area contributed by atoms with Gasteiger partial charge in [0.25, 0.3) is 0 Å². The number of rotatable bonds is 5. The number of para-hydroxylation sites is 1. The molecular formula is C21H15BrClN3O2S. The van der Waals surface area contributed by atoms with Crippen LogP contribution in [0.1, 0.15) is 15.9 Å². The van der Waals surface area contributed by atoms with Crippen molar-refractivity contribution in [2.45, 2.75) is 0 Å². The van der Waals surface area contributed by atoms with Crippen molar-refractivity contribution in [2.24, 2.45) is 5.10 Å². The van der Waals surface area contributed by atoms with Crippen molar-refractivity contribution in [1.29, 1.82) is 0 Å². The summed E-state index contributed by atoms with van der Waals surface area (Å²) in [6.07, 6.45) is 1.52. The minimum Gasteiger partial charge on any atom is -0.422 e. The Hall–Kier alpha value is -2.74. The summed E-state index contributed by atoms with van der Waals surface area (Å²) in [5, 5.41) is 8.02. The fourth-order valence-electron chi connectivity index (χ4n) is 2.30. The van der Waals surface area contributed by atoms with Gasteiger partial charge in [-0.15, -0.1) is 0 Å². The van der Waals surface area contributed by atoms with Crippen molar-refractivity contribution in [3.8, 4) is 5.75 Å². The molecule has 29 heavy (non-hydrogen) atoms. The molecule has 0 aromatic heterocycles. The van der Waals surface area contributed by atoms with E-state index in [4.69, 9.17) is 28.6 Å². The predicted molar refractivity (Wildman–Crippen MR) is 124 cm³/mol. The SMILES string of the molecule is O=C(Oc1ccc(Br)cc1/C=N/NC(=S)Nc1ccccc1)c1ccc(Cl)cc1. The van der Waals surface area contributed by atoms with Crippen LogP contribution in [0.4, 0.5) is 5.69 Å². The van der Waals surface area contributed by atoms with Crippen molar-refractivity contribution in [1.82, 2.24) is 5.43 Å². The standard InChI is InChI=1S/C21H15BrClN3O2S/c22-16-8-11-19(28-20(27)14-6-9-17(23)10-7-14)15(12-16)13-24-26-21(29)25-18-4-2-1-3-5-18/h1-13H,(H2,25,26,29)/b24-13+. The van der Waals surface area contributed by atoms with Gasteiger partial charge in [0.2, 0.25) is 0 Å². The Bertz CT molecular complexity index is 1040. The average molecular weight is 489 g/mol. The number of nitrogens with zero attached hydrogens (tertiary/aromatic N) is 1. The second kappa shape index (κ2) is 10.2. The molecule has 146 valence electrons. The van der Waals surface area contributed by atoms with Gasteiger partial charge in [0.15, 0.2) is 5.11 Å². The number of carbonyl (C=O) groups excluding carboxylic acids is 1. The van der Waals surface area contributed by atoms with E-state index in [-0.39, 0.29) is 0 Å². The van der Waals surface area contributed by atoms with E-state index in [2.05, 4.69) is 31.8 Å². The number of hydrogen-bond donors (Lipinski definition) is 2. The van der Waals surface area contributed by atoms with E-state index in [1.54, 1.807) is 42.5 Å². The lowest BCUT2D eigenvalue weighted by molar-refractivity contribution is 0.0734. The highest BCUT2D eigenvalue weighted by Crippen LogP contribution is 2.23. The molecule has 2 N–H and O–H groups in total.